The molecule has 1 aromatic heterocycles. The molecule has 1 saturated heterocycles. The third-order valence-electron chi connectivity index (χ3n) is 3.32. The van der Waals surface area contributed by atoms with Crippen LogP contribution in [-0.2, 0) is 4.79 Å². The lowest BCUT2D eigenvalue weighted by molar-refractivity contribution is -0.122. The number of carbonyl (C=O) groups is 1. The topological polar surface area (TPSA) is 78.0 Å². The van der Waals surface area contributed by atoms with Crippen molar-refractivity contribution in [3.05, 3.63) is 18.2 Å². The fourth-order valence-corrected chi connectivity index (χ4v) is 2.43. The highest BCUT2D eigenvalue weighted by atomic mass is 16.3. The summed E-state index contributed by atoms with van der Waals surface area (Å²) in [6.07, 6.45) is 7.59. The molecule has 5 nitrogen and oxygen atoms in total. The number of nitrogens with one attached hydrogen (secondary N) is 2. The van der Waals surface area contributed by atoms with Gasteiger partial charge in [0, 0.05) is 23.9 Å². The maximum absolute atomic E-state index is 8.36. The van der Waals surface area contributed by atoms with Crippen molar-refractivity contribution in [2.45, 2.75) is 45.1 Å². The third kappa shape index (κ3) is 4.49. The van der Waals surface area contributed by atoms with Crippen LogP contribution in [0.5, 0.6) is 0 Å². The molecule has 0 amide bonds. The van der Waals surface area contributed by atoms with Gasteiger partial charge in [-0.1, -0.05) is 13.8 Å². The van der Waals surface area contributed by atoms with Crippen molar-refractivity contribution in [2.24, 2.45) is 5.92 Å². The molecule has 0 spiro atoms. The van der Waals surface area contributed by atoms with Crippen LogP contribution >= 0.6 is 0 Å². The highest BCUT2D eigenvalue weighted by Crippen LogP contribution is 2.29. The zero-order chi connectivity index (χ0) is 13.4. The predicted molar refractivity (Wildman–Crippen MR) is 70.5 cm³/mol. The zero-order valence-electron chi connectivity index (χ0n) is 11.1. The van der Waals surface area contributed by atoms with E-state index in [4.69, 9.17) is 9.90 Å². The van der Waals surface area contributed by atoms with Crippen LogP contribution in [0.2, 0.25) is 0 Å². The Morgan fingerprint density at radius 3 is 2.89 bits per heavy atom. The molecule has 2 atom stereocenters. The fraction of sp³-hybridized carbons (Fsp3) is 0.692. The number of nitrogens with zero attached hydrogens (tertiary/aromatic N) is 1. The van der Waals surface area contributed by atoms with Gasteiger partial charge in [-0.15, -0.1) is 0 Å². The molecule has 18 heavy (non-hydrogen) atoms. The van der Waals surface area contributed by atoms with E-state index in [1.807, 2.05) is 6.20 Å². The Labute approximate surface area is 108 Å². The minimum absolute atomic E-state index is 0.250. The molecule has 1 fully saturated rings. The van der Waals surface area contributed by atoms with Crippen LogP contribution < -0.4 is 5.32 Å². The molecule has 0 bridgehead atoms. The second kappa shape index (κ2) is 7.87. The van der Waals surface area contributed by atoms with Gasteiger partial charge in [0.2, 0.25) is 0 Å². The Hall–Kier alpha value is -1.36. The Balaban J connectivity index is 0.000000492. The summed E-state index contributed by atoms with van der Waals surface area (Å²) in [5, 5.41) is 10.5. The molecule has 2 heterocycles. The van der Waals surface area contributed by atoms with Crippen molar-refractivity contribution >= 4 is 6.47 Å². The van der Waals surface area contributed by atoms with Gasteiger partial charge in [-0.3, -0.25) is 4.79 Å². The van der Waals surface area contributed by atoms with Crippen LogP contribution in [0, 0.1) is 5.92 Å². The third-order valence-corrected chi connectivity index (χ3v) is 3.32. The number of rotatable bonds is 4. The summed E-state index contributed by atoms with van der Waals surface area (Å²) in [6.45, 7) is 5.48. The average Bonchev–Trinajstić information content (AvgIpc) is 2.98. The van der Waals surface area contributed by atoms with E-state index in [1.165, 1.54) is 25.0 Å². The molecule has 3 N–H and O–H groups in total. The number of carboxylic acid groups (broad SMARTS) is 1. The Morgan fingerprint density at radius 2 is 2.33 bits per heavy atom. The van der Waals surface area contributed by atoms with Crippen molar-refractivity contribution in [1.29, 1.82) is 0 Å². The van der Waals surface area contributed by atoms with Gasteiger partial charge in [0.05, 0.1) is 6.33 Å². The Morgan fingerprint density at radius 1 is 1.61 bits per heavy atom. The van der Waals surface area contributed by atoms with Gasteiger partial charge in [0.1, 0.15) is 0 Å². The smallest absolute Gasteiger partial charge is 0.290 e. The maximum atomic E-state index is 8.36. The molecule has 102 valence electrons. The molecule has 2 rings (SSSR count). The number of hydrogen-bond acceptors (Lipinski definition) is 3. The van der Waals surface area contributed by atoms with Gasteiger partial charge in [0.15, 0.2) is 0 Å². The van der Waals surface area contributed by atoms with Crippen molar-refractivity contribution in [1.82, 2.24) is 15.3 Å². The normalized spacial score (nSPS) is 22.6. The predicted octanol–water partition coefficient (Wildman–Crippen LogP) is 1.99. The lowest BCUT2D eigenvalue weighted by Gasteiger charge is -2.19. The van der Waals surface area contributed by atoms with Crippen LogP contribution in [-0.4, -0.2) is 34.1 Å². The van der Waals surface area contributed by atoms with Gasteiger partial charge >= 0.3 is 0 Å². The minimum Gasteiger partial charge on any atom is -0.483 e. The largest absolute Gasteiger partial charge is 0.483 e. The summed E-state index contributed by atoms with van der Waals surface area (Å²) in [7, 11) is 0. The van der Waals surface area contributed by atoms with Gasteiger partial charge in [-0.25, -0.2) is 4.98 Å². The van der Waals surface area contributed by atoms with Crippen molar-refractivity contribution in [3.63, 3.8) is 0 Å². The molecular formula is C13H23N3O2. The van der Waals surface area contributed by atoms with E-state index in [-0.39, 0.29) is 6.47 Å². The van der Waals surface area contributed by atoms with Crippen molar-refractivity contribution in [2.75, 3.05) is 6.54 Å². The van der Waals surface area contributed by atoms with Gasteiger partial charge in [-0.2, -0.15) is 0 Å². The van der Waals surface area contributed by atoms with Crippen LogP contribution in [0.25, 0.3) is 0 Å². The van der Waals surface area contributed by atoms with Crippen molar-refractivity contribution < 1.29 is 9.90 Å². The molecule has 5 heteroatoms. The van der Waals surface area contributed by atoms with Crippen LogP contribution in [0.3, 0.4) is 0 Å². The fourth-order valence-electron chi connectivity index (χ4n) is 2.43. The molecule has 1 aliphatic rings. The number of imidazole rings is 1. The van der Waals surface area contributed by atoms with E-state index in [2.05, 4.69) is 29.1 Å². The molecule has 1 aliphatic heterocycles. The second-order valence-electron chi connectivity index (χ2n) is 5.04. The standard InChI is InChI=1S/C12H21N3.CH2O2/c1-9(2)3-4-11-10(5-6-14-11)12-7-13-8-15-12;2-1-3/h7-11,14H,3-6H2,1-2H3,(H,13,15);1H,(H,2,3)/t10-,11?;/m1./s1. The summed E-state index contributed by atoms with van der Waals surface area (Å²) >= 11 is 0. The summed E-state index contributed by atoms with van der Waals surface area (Å²) in [6, 6.07) is 0.646. The minimum atomic E-state index is -0.250. The number of aromatic amines is 1. The SMILES string of the molecule is CC(C)CCC1NCC[C@H]1c1cnc[nH]1.O=CO. The maximum Gasteiger partial charge on any atom is 0.290 e. The first-order chi connectivity index (χ1) is 8.69. The van der Waals surface area contributed by atoms with E-state index in [9.17, 15) is 0 Å². The molecule has 1 aromatic rings. The lowest BCUT2D eigenvalue weighted by atomic mass is 9.92. The molecule has 0 radical (unpaired) electrons. The average molecular weight is 253 g/mol. The summed E-state index contributed by atoms with van der Waals surface area (Å²) in [5.74, 6) is 1.45. The Kier molecular flexibility index (Phi) is 6.43. The van der Waals surface area contributed by atoms with Gasteiger partial charge in [0.25, 0.3) is 6.47 Å². The summed E-state index contributed by atoms with van der Waals surface area (Å²) in [5.41, 5.74) is 1.30. The van der Waals surface area contributed by atoms with Crippen LogP contribution in [0.1, 0.15) is 44.7 Å². The van der Waals surface area contributed by atoms with Crippen LogP contribution in [0.15, 0.2) is 12.5 Å². The molecule has 0 aromatic carbocycles. The lowest BCUT2D eigenvalue weighted by Crippen LogP contribution is -2.26. The summed E-state index contributed by atoms with van der Waals surface area (Å²) in [4.78, 5) is 15.7. The first-order valence-corrected chi connectivity index (χ1v) is 6.48. The number of aromatic nitrogens is 2. The van der Waals surface area contributed by atoms with Crippen LogP contribution in [0.4, 0.5) is 0 Å². The van der Waals surface area contributed by atoms with E-state index in [0.717, 1.165) is 12.5 Å². The van der Waals surface area contributed by atoms with E-state index in [1.54, 1.807) is 6.33 Å². The molecule has 0 aliphatic carbocycles. The zero-order valence-corrected chi connectivity index (χ0v) is 11.1. The van der Waals surface area contributed by atoms with Gasteiger partial charge in [-0.05, 0) is 31.7 Å². The number of H-pyrrole nitrogens is 1. The van der Waals surface area contributed by atoms with E-state index in [0.29, 0.717) is 12.0 Å². The quantitative estimate of drug-likeness (QED) is 0.717. The van der Waals surface area contributed by atoms with Crippen molar-refractivity contribution in [3.8, 4) is 0 Å². The highest BCUT2D eigenvalue weighted by Gasteiger charge is 2.28. The first-order valence-electron chi connectivity index (χ1n) is 6.48. The first kappa shape index (κ1) is 14.7. The molecule has 1 unspecified atom stereocenters. The summed E-state index contributed by atoms with van der Waals surface area (Å²) < 4.78 is 0. The van der Waals surface area contributed by atoms with E-state index < -0.39 is 0 Å². The second-order valence-corrected chi connectivity index (χ2v) is 5.04. The monoisotopic (exact) mass is 253 g/mol. The van der Waals surface area contributed by atoms with Gasteiger partial charge < -0.3 is 15.4 Å². The van der Waals surface area contributed by atoms with E-state index >= 15 is 0 Å². The number of hydrogen-bond donors (Lipinski definition) is 3. The Bertz CT molecular complexity index is 325. The highest BCUT2D eigenvalue weighted by molar-refractivity contribution is 5.32. The molecular weight excluding hydrogens is 230 g/mol. The molecule has 0 saturated carbocycles.